The summed E-state index contributed by atoms with van der Waals surface area (Å²) in [6.07, 6.45) is 1.59. The van der Waals surface area contributed by atoms with E-state index in [1.165, 1.54) is 0 Å². The molecule has 1 aromatic heterocycles. The van der Waals surface area contributed by atoms with Crippen LogP contribution in [0.3, 0.4) is 0 Å². The number of hydrogen-bond donors (Lipinski definition) is 2. The van der Waals surface area contributed by atoms with Crippen molar-refractivity contribution in [2.45, 2.75) is 13.2 Å². The van der Waals surface area contributed by atoms with Gasteiger partial charge in [0.15, 0.2) is 0 Å². The SMILES string of the molecule is NCc1ccnc(Oc2ccccc2CO)n1. The number of para-hydroxylation sites is 1. The van der Waals surface area contributed by atoms with Gasteiger partial charge in [0.25, 0.3) is 0 Å². The van der Waals surface area contributed by atoms with Gasteiger partial charge in [-0.3, -0.25) is 0 Å². The zero-order valence-electron chi connectivity index (χ0n) is 9.21. The number of nitrogens with two attached hydrogens (primary N) is 1. The Morgan fingerprint density at radius 1 is 1.24 bits per heavy atom. The van der Waals surface area contributed by atoms with Crippen LogP contribution in [0.5, 0.6) is 11.8 Å². The lowest BCUT2D eigenvalue weighted by Crippen LogP contribution is -2.02. The molecule has 0 aliphatic carbocycles. The Kier molecular flexibility index (Phi) is 3.64. The van der Waals surface area contributed by atoms with Crippen molar-refractivity contribution >= 4 is 0 Å². The number of rotatable bonds is 4. The van der Waals surface area contributed by atoms with E-state index in [9.17, 15) is 0 Å². The summed E-state index contributed by atoms with van der Waals surface area (Å²) in [5.74, 6) is 0.546. The molecule has 88 valence electrons. The molecule has 0 atom stereocenters. The van der Waals surface area contributed by atoms with Gasteiger partial charge in [0, 0.05) is 18.3 Å². The molecule has 17 heavy (non-hydrogen) atoms. The highest BCUT2D eigenvalue weighted by Crippen LogP contribution is 2.22. The van der Waals surface area contributed by atoms with Gasteiger partial charge in [-0.1, -0.05) is 18.2 Å². The van der Waals surface area contributed by atoms with Crippen molar-refractivity contribution in [2.75, 3.05) is 0 Å². The molecule has 0 aliphatic heterocycles. The van der Waals surface area contributed by atoms with E-state index in [1.54, 1.807) is 24.4 Å². The number of hydrogen-bond acceptors (Lipinski definition) is 5. The van der Waals surface area contributed by atoms with Crippen molar-refractivity contribution in [1.82, 2.24) is 9.97 Å². The molecular formula is C12H13N3O2. The molecule has 2 aromatic rings. The fraction of sp³-hybridized carbons (Fsp3) is 0.167. The fourth-order valence-electron chi connectivity index (χ4n) is 1.37. The number of aliphatic hydroxyl groups excluding tert-OH is 1. The van der Waals surface area contributed by atoms with Gasteiger partial charge in [-0.2, -0.15) is 4.98 Å². The number of ether oxygens (including phenoxy) is 1. The minimum Gasteiger partial charge on any atom is -0.424 e. The lowest BCUT2D eigenvalue weighted by molar-refractivity contribution is 0.275. The second-order valence-corrected chi connectivity index (χ2v) is 3.40. The number of benzene rings is 1. The first-order valence-corrected chi connectivity index (χ1v) is 5.22. The Labute approximate surface area is 98.9 Å². The maximum atomic E-state index is 9.16. The summed E-state index contributed by atoms with van der Waals surface area (Å²) in [7, 11) is 0. The van der Waals surface area contributed by atoms with Gasteiger partial charge in [-0.05, 0) is 12.1 Å². The quantitative estimate of drug-likeness (QED) is 0.826. The summed E-state index contributed by atoms with van der Waals surface area (Å²) in [5, 5.41) is 9.16. The summed E-state index contributed by atoms with van der Waals surface area (Å²) < 4.78 is 5.51. The van der Waals surface area contributed by atoms with Crippen LogP contribution in [0.25, 0.3) is 0 Å². The smallest absolute Gasteiger partial charge is 0.322 e. The molecule has 1 aromatic carbocycles. The molecule has 0 radical (unpaired) electrons. The van der Waals surface area contributed by atoms with E-state index in [-0.39, 0.29) is 12.6 Å². The molecule has 0 saturated heterocycles. The van der Waals surface area contributed by atoms with E-state index < -0.39 is 0 Å². The standard InChI is InChI=1S/C12H13N3O2/c13-7-10-5-6-14-12(15-10)17-11-4-2-1-3-9(11)8-16/h1-6,16H,7-8,13H2. The van der Waals surface area contributed by atoms with E-state index in [4.69, 9.17) is 15.6 Å². The average molecular weight is 231 g/mol. The van der Waals surface area contributed by atoms with Gasteiger partial charge in [-0.15, -0.1) is 0 Å². The third kappa shape index (κ3) is 2.77. The molecule has 0 unspecified atom stereocenters. The molecule has 0 saturated carbocycles. The minimum absolute atomic E-state index is 0.0905. The maximum Gasteiger partial charge on any atom is 0.322 e. The molecule has 3 N–H and O–H groups in total. The molecule has 0 spiro atoms. The lowest BCUT2D eigenvalue weighted by atomic mass is 10.2. The third-order valence-corrected chi connectivity index (χ3v) is 2.24. The van der Waals surface area contributed by atoms with Crippen LogP contribution >= 0.6 is 0 Å². The van der Waals surface area contributed by atoms with Gasteiger partial charge in [0.1, 0.15) is 5.75 Å². The molecule has 1 heterocycles. The summed E-state index contributed by atoms with van der Waals surface area (Å²) in [4.78, 5) is 8.11. The van der Waals surface area contributed by atoms with Gasteiger partial charge in [0.05, 0.1) is 12.3 Å². The summed E-state index contributed by atoms with van der Waals surface area (Å²) in [6, 6.07) is 9.14. The van der Waals surface area contributed by atoms with Crippen molar-refractivity contribution in [3.05, 3.63) is 47.8 Å². The van der Waals surface area contributed by atoms with Crippen molar-refractivity contribution < 1.29 is 9.84 Å². The number of nitrogens with zero attached hydrogens (tertiary/aromatic N) is 2. The normalized spacial score (nSPS) is 10.2. The Hall–Kier alpha value is -1.98. The largest absolute Gasteiger partial charge is 0.424 e. The molecular weight excluding hydrogens is 218 g/mol. The maximum absolute atomic E-state index is 9.16. The van der Waals surface area contributed by atoms with Crippen LogP contribution in [0.2, 0.25) is 0 Å². The molecule has 0 amide bonds. The average Bonchev–Trinajstić information content (AvgIpc) is 2.39. The Bertz CT molecular complexity index is 503. The highest BCUT2D eigenvalue weighted by atomic mass is 16.5. The number of aliphatic hydroxyl groups is 1. The highest BCUT2D eigenvalue weighted by molar-refractivity contribution is 5.34. The molecule has 2 rings (SSSR count). The zero-order chi connectivity index (χ0) is 12.1. The van der Waals surface area contributed by atoms with Crippen LogP contribution in [0.15, 0.2) is 36.5 Å². The van der Waals surface area contributed by atoms with Crippen molar-refractivity contribution in [1.29, 1.82) is 0 Å². The molecule has 5 nitrogen and oxygen atoms in total. The van der Waals surface area contributed by atoms with Crippen molar-refractivity contribution in [2.24, 2.45) is 5.73 Å². The number of aromatic nitrogens is 2. The summed E-state index contributed by atoms with van der Waals surface area (Å²) in [6.45, 7) is 0.243. The second-order valence-electron chi connectivity index (χ2n) is 3.40. The predicted molar refractivity (Wildman–Crippen MR) is 62.4 cm³/mol. The van der Waals surface area contributed by atoms with Crippen LogP contribution in [0.4, 0.5) is 0 Å². The third-order valence-electron chi connectivity index (χ3n) is 2.24. The van der Waals surface area contributed by atoms with E-state index in [2.05, 4.69) is 9.97 Å². The molecule has 0 fully saturated rings. The van der Waals surface area contributed by atoms with Crippen LogP contribution in [0, 0.1) is 0 Å². The van der Waals surface area contributed by atoms with Crippen LogP contribution in [-0.2, 0) is 13.2 Å². The molecule has 0 aliphatic rings. The predicted octanol–water partition coefficient (Wildman–Crippen LogP) is 1.22. The van der Waals surface area contributed by atoms with E-state index in [0.717, 1.165) is 0 Å². The van der Waals surface area contributed by atoms with Gasteiger partial charge < -0.3 is 15.6 Å². The van der Waals surface area contributed by atoms with E-state index in [1.807, 2.05) is 12.1 Å². The van der Waals surface area contributed by atoms with Gasteiger partial charge in [-0.25, -0.2) is 4.98 Å². The van der Waals surface area contributed by atoms with E-state index >= 15 is 0 Å². The molecule has 0 bridgehead atoms. The Morgan fingerprint density at radius 2 is 2.06 bits per heavy atom. The second kappa shape index (κ2) is 5.38. The summed E-state index contributed by atoms with van der Waals surface area (Å²) in [5.41, 5.74) is 6.88. The Morgan fingerprint density at radius 3 is 2.82 bits per heavy atom. The van der Waals surface area contributed by atoms with Gasteiger partial charge in [0.2, 0.25) is 0 Å². The van der Waals surface area contributed by atoms with Crippen LogP contribution in [-0.4, -0.2) is 15.1 Å². The zero-order valence-corrected chi connectivity index (χ0v) is 9.21. The Balaban J connectivity index is 2.24. The van der Waals surface area contributed by atoms with Crippen molar-refractivity contribution in [3.63, 3.8) is 0 Å². The van der Waals surface area contributed by atoms with Gasteiger partial charge >= 0.3 is 6.01 Å². The highest BCUT2D eigenvalue weighted by Gasteiger charge is 2.05. The first-order valence-electron chi connectivity index (χ1n) is 5.22. The summed E-state index contributed by atoms with van der Waals surface area (Å²) >= 11 is 0. The topological polar surface area (TPSA) is 81.3 Å². The monoisotopic (exact) mass is 231 g/mol. The first-order chi connectivity index (χ1) is 8.33. The lowest BCUT2D eigenvalue weighted by Gasteiger charge is -2.08. The molecule has 5 heteroatoms. The minimum atomic E-state index is -0.0905. The van der Waals surface area contributed by atoms with E-state index in [0.29, 0.717) is 23.6 Å². The first kappa shape index (κ1) is 11.5. The van der Waals surface area contributed by atoms with Crippen LogP contribution in [0.1, 0.15) is 11.3 Å². The van der Waals surface area contributed by atoms with Crippen LogP contribution < -0.4 is 10.5 Å². The fourth-order valence-corrected chi connectivity index (χ4v) is 1.37. The van der Waals surface area contributed by atoms with Crippen molar-refractivity contribution in [3.8, 4) is 11.8 Å².